The molecule has 24 heavy (non-hydrogen) atoms. The van der Waals surface area contributed by atoms with Gasteiger partial charge in [-0.1, -0.05) is 12.1 Å². The Hall–Kier alpha value is -2.43. The lowest BCUT2D eigenvalue weighted by Crippen LogP contribution is -2.26. The van der Waals surface area contributed by atoms with Gasteiger partial charge in [0.25, 0.3) is 0 Å². The summed E-state index contributed by atoms with van der Waals surface area (Å²) in [5, 5.41) is 10.9. The van der Waals surface area contributed by atoms with Gasteiger partial charge in [-0.15, -0.1) is 17.9 Å². The minimum absolute atomic E-state index is 0.0540. The first-order valence-electron chi connectivity index (χ1n) is 7.05. The van der Waals surface area contributed by atoms with E-state index in [0.29, 0.717) is 0 Å². The molecule has 7 heteroatoms. The molecule has 0 saturated heterocycles. The highest BCUT2D eigenvalue weighted by Crippen LogP contribution is 2.30. The second kappa shape index (κ2) is 7.90. The summed E-state index contributed by atoms with van der Waals surface area (Å²) in [7, 11) is 0. The Morgan fingerprint density at radius 1 is 1.50 bits per heavy atom. The number of benzene rings is 1. The molecule has 0 N–H and O–H groups in total. The molecule has 0 saturated carbocycles. The van der Waals surface area contributed by atoms with E-state index in [2.05, 4.69) is 11.6 Å². The first kappa shape index (κ1) is 17.9. The van der Waals surface area contributed by atoms with Gasteiger partial charge < -0.3 is 4.74 Å². The highest BCUT2D eigenvalue weighted by molar-refractivity contribution is 7.10. The minimum Gasteiger partial charge on any atom is -0.367 e. The van der Waals surface area contributed by atoms with Crippen molar-refractivity contribution in [3.8, 4) is 17.3 Å². The van der Waals surface area contributed by atoms with Crippen LogP contribution in [0.2, 0.25) is 0 Å². The number of thiazole rings is 1. The monoisotopic (exact) mass is 348 g/mol. The molecule has 1 heterocycles. The minimum atomic E-state index is -1.15. The molecule has 0 radical (unpaired) electrons. The number of carbonyl (C=O) groups excluding carboxylic acids is 1. The van der Waals surface area contributed by atoms with Gasteiger partial charge in [-0.3, -0.25) is 4.79 Å². The van der Waals surface area contributed by atoms with Gasteiger partial charge in [0.15, 0.2) is 11.7 Å². The molecule has 0 aliphatic carbocycles. The second-order valence-corrected chi connectivity index (χ2v) is 5.79. The first-order valence-corrected chi connectivity index (χ1v) is 7.93. The van der Waals surface area contributed by atoms with Crippen molar-refractivity contribution in [2.24, 2.45) is 0 Å². The third-order valence-electron chi connectivity index (χ3n) is 3.27. The van der Waals surface area contributed by atoms with Crippen LogP contribution in [0.3, 0.4) is 0 Å². The Balaban J connectivity index is 2.30. The predicted molar refractivity (Wildman–Crippen MR) is 86.4 cm³/mol. The van der Waals surface area contributed by atoms with E-state index in [0.717, 1.165) is 23.5 Å². The summed E-state index contributed by atoms with van der Waals surface area (Å²) in [6.45, 7) is 5.19. The standard InChI is InChI=1S/C17H14F2N2O2S/c1-3-7-23-10(2)16(22)11(8-20)17-21-14(9-24-17)15-12(18)5-4-6-13(15)19/h3-6,9-11H,1,7H2,2H3/t10-,11-/m1/s1. The summed E-state index contributed by atoms with van der Waals surface area (Å²) >= 11 is 1.00. The smallest absolute Gasteiger partial charge is 0.185 e. The quantitative estimate of drug-likeness (QED) is 0.713. The van der Waals surface area contributed by atoms with Gasteiger partial charge in [0.05, 0.1) is 23.9 Å². The molecule has 0 fully saturated rings. The van der Waals surface area contributed by atoms with Crippen LogP contribution in [-0.2, 0) is 9.53 Å². The van der Waals surface area contributed by atoms with E-state index in [1.807, 2.05) is 6.07 Å². The molecule has 0 aliphatic rings. The average molecular weight is 348 g/mol. The topological polar surface area (TPSA) is 63.0 Å². The number of aromatic nitrogens is 1. The number of ketones is 1. The number of nitrogens with zero attached hydrogens (tertiary/aromatic N) is 2. The molecule has 0 spiro atoms. The summed E-state index contributed by atoms with van der Waals surface area (Å²) in [6, 6.07) is 5.37. The zero-order valence-electron chi connectivity index (χ0n) is 12.8. The summed E-state index contributed by atoms with van der Waals surface area (Å²) in [5.74, 6) is -3.13. The van der Waals surface area contributed by atoms with E-state index in [1.165, 1.54) is 24.4 Å². The maximum absolute atomic E-state index is 13.8. The molecule has 0 aliphatic heterocycles. The number of hydrogen-bond acceptors (Lipinski definition) is 5. The normalized spacial score (nSPS) is 13.1. The van der Waals surface area contributed by atoms with Crippen molar-refractivity contribution >= 4 is 17.1 Å². The Labute approximate surface area is 142 Å². The molecule has 1 aromatic heterocycles. The zero-order valence-corrected chi connectivity index (χ0v) is 13.6. The summed E-state index contributed by atoms with van der Waals surface area (Å²) < 4.78 is 32.9. The molecule has 2 atom stereocenters. The van der Waals surface area contributed by atoms with Crippen LogP contribution in [0.25, 0.3) is 11.3 Å². The molecule has 1 aromatic carbocycles. The predicted octanol–water partition coefficient (Wildman–Crippen LogP) is 3.86. The van der Waals surface area contributed by atoms with Gasteiger partial charge >= 0.3 is 0 Å². The zero-order chi connectivity index (χ0) is 17.7. The average Bonchev–Trinajstić information content (AvgIpc) is 3.02. The van der Waals surface area contributed by atoms with Gasteiger partial charge in [-0.25, -0.2) is 13.8 Å². The second-order valence-electron chi connectivity index (χ2n) is 4.90. The van der Waals surface area contributed by atoms with Gasteiger partial charge in [0.2, 0.25) is 0 Å². The van der Waals surface area contributed by atoms with E-state index in [1.54, 1.807) is 0 Å². The van der Waals surface area contributed by atoms with E-state index in [-0.39, 0.29) is 22.9 Å². The molecule has 4 nitrogen and oxygen atoms in total. The van der Waals surface area contributed by atoms with Gasteiger partial charge in [0.1, 0.15) is 22.7 Å². The van der Waals surface area contributed by atoms with Crippen LogP contribution in [0.15, 0.2) is 36.2 Å². The van der Waals surface area contributed by atoms with Crippen LogP contribution in [0.1, 0.15) is 17.8 Å². The Bertz CT molecular complexity index is 778. The van der Waals surface area contributed by atoms with Crippen molar-refractivity contribution in [3.63, 3.8) is 0 Å². The van der Waals surface area contributed by atoms with Gasteiger partial charge in [-0.05, 0) is 19.1 Å². The summed E-state index contributed by atoms with van der Waals surface area (Å²) in [6.07, 6.45) is 0.679. The van der Waals surface area contributed by atoms with Crippen LogP contribution in [0, 0.1) is 23.0 Å². The highest BCUT2D eigenvalue weighted by Gasteiger charge is 2.29. The summed E-state index contributed by atoms with van der Waals surface area (Å²) in [4.78, 5) is 16.4. The van der Waals surface area contributed by atoms with Gasteiger partial charge in [-0.2, -0.15) is 5.26 Å². The molecule has 2 rings (SSSR count). The number of halogens is 2. The van der Waals surface area contributed by atoms with Crippen molar-refractivity contribution in [2.45, 2.75) is 18.9 Å². The Morgan fingerprint density at radius 3 is 2.75 bits per heavy atom. The van der Waals surface area contributed by atoms with Crippen molar-refractivity contribution in [2.75, 3.05) is 6.61 Å². The molecular weight excluding hydrogens is 334 g/mol. The Morgan fingerprint density at radius 2 is 2.17 bits per heavy atom. The number of Topliss-reactive ketones (excluding diaryl/α,β-unsaturated/α-hetero) is 1. The lowest BCUT2D eigenvalue weighted by molar-refractivity contribution is -0.129. The van der Waals surface area contributed by atoms with Crippen LogP contribution in [0.5, 0.6) is 0 Å². The molecule has 0 bridgehead atoms. The number of carbonyl (C=O) groups is 1. The lowest BCUT2D eigenvalue weighted by atomic mass is 10.0. The third-order valence-corrected chi connectivity index (χ3v) is 4.18. The fourth-order valence-corrected chi connectivity index (χ4v) is 2.91. The van der Waals surface area contributed by atoms with Crippen LogP contribution < -0.4 is 0 Å². The number of ether oxygens (including phenoxy) is 1. The highest BCUT2D eigenvalue weighted by atomic mass is 32.1. The largest absolute Gasteiger partial charge is 0.367 e. The van der Waals surface area contributed by atoms with E-state index >= 15 is 0 Å². The van der Waals surface area contributed by atoms with Crippen LogP contribution in [0.4, 0.5) is 8.78 Å². The number of rotatable bonds is 7. The van der Waals surface area contributed by atoms with Crippen molar-refractivity contribution in [1.29, 1.82) is 5.26 Å². The number of nitriles is 1. The van der Waals surface area contributed by atoms with E-state index in [4.69, 9.17) is 4.74 Å². The fourth-order valence-electron chi connectivity index (χ4n) is 2.05. The van der Waals surface area contributed by atoms with Crippen LogP contribution in [-0.4, -0.2) is 23.5 Å². The maximum Gasteiger partial charge on any atom is 0.185 e. The molecular formula is C17H14F2N2O2S. The van der Waals surface area contributed by atoms with Crippen molar-refractivity contribution < 1.29 is 18.3 Å². The van der Waals surface area contributed by atoms with E-state index < -0.39 is 29.4 Å². The number of hydrogen-bond donors (Lipinski definition) is 0. The molecule has 2 aromatic rings. The van der Waals surface area contributed by atoms with E-state index in [9.17, 15) is 18.8 Å². The van der Waals surface area contributed by atoms with Crippen molar-refractivity contribution in [3.05, 3.63) is 52.9 Å². The van der Waals surface area contributed by atoms with Crippen molar-refractivity contribution in [1.82, 2.24) is 4.98 Å². The molecule has 0 amide bonds. The van der Waals surface area contributed by atoms with Gasteiger partial charge in [0, 0.05) is 5.38 Å². The van der Waals surface area contributed by atoms with Crippen LogP contribution >= 0.6 is 11.3 Å². The fraction of sp³-hybridized carbons (Fsp3) is 0.235. The lowest BCUT2D eigenvalue weighted by Gasteiger charge is -2.12. The molecule has 124 valence electrons. The first-order chi connectivity index (χ1) is 11.5. The third kappa shape index (κ3) is 3.72. The Kier molecular flexibility index (Phi) is 5.90. The SMILES string of the molecule is C=CCO[C@H](C)C(=O)[C@@H](C#N)c1nc(-c2c(F)cccc2F)cs1. The maximum atomic E-state index is 13.8. The molecule has 0 unspecified atom stereocenters. The summed E-state index contributed by atoms with van der Waals surface area (Å²) in [5.41, 5.74) is -0.224.